The van der Waals surface area contributed by atoms with Crippen LogP contribution in [0, 0.1) is 0 Å². The zero-order valence-corrected chi connectivity index (χ0v) is 19.0. The topological polar surface area (TPSA) is 52.7 Å². The molecule has 5 nitrogen and oxygen atoms in total. The van der Waals surface area contributed by atoms with E-state index in [9.17, 15) is 9.59 Å². The van der Waals surface area contributed by atoms with Crippen molar-refractivity contribution in [2.75, 3.05) is 43.8 Å². The van der Waals surface area contributed by atoms with E-state index in [1.807, 2.05) is 41.3 Å². The Labute approximate surface area is 191 Å². The number of halogens is 2. The van der Waals surface area contributed by atoms with Crippen molar-refractivity contribution in [2.24, 2.45) is 0 Å². The monoisotopic (exact) mass is 465 g/mol. The van der Waals surface area contributed by atoms with Gasteiger partial charge in [0.05, 0.1) is 17.3 Å². The van der Waals surface area contributed by atoms with Gasteiger partial charge in [0.2, 0.25) is 11.8 Å². The molecule has 160 valence electrons. The summed E-state index contributed by atoms with van der Waals surface area (Å²) < 4.78 is 0. The van der Waals surface area contributed by atoms with Crippen LogP contribution in [0.3, 0.4) is 0 Å². The third-order valence-corrected chi connectivity index (χ3v) is 6.54. The fourth-order valence-corrected chi connectivity index (χ4v) is 4.38. The maximum Gasteiger partial charge on any atom is 0.238 e. The minimum absolute atomic E-state index is 0.0953. The van der Waals surface area contributed by atoms with Crippen molar-refractivity contribution in [1.82, 2.24) is 9.80 Å². The van der Waals surface area contributed by atoms with Crippen molar-refractivity contribution < 1.29 is 9.59 Å². The van der Waals surface area contributed by atoms with E-state index in [4.69, 9.17) is 23.2 Å². The van der Waals surface area contributed by atoms with Crippen LogP contribution in [0.1, 0.15) is 12.8 Å². The minimum atomic E-state index is -0.0953. The third kappa shape index (κ3) is 7.20. The summed E-state index contributed by atoms with van der Waals surface area (Å²) in [4.78, 5) is 29.8. The number of piperazine rings is 1. The van der Waals surface area contributed by atoms with E-state index in [1.54, 1.807) is 23.9 Å². The second kappa shape index (κ2) is 11.6. The Morgan fingerprint density at radius 3 is 2.37 bits per heavy atom. The molecule has 0 saturated carbocycles. The summed E-state index contributed by atoms with van der Waals surface area (Å²) in [5, 5.41) is 4.09. The lowest BCUT2D eigenvalue weighted by Crippen LogP contribution is -2.50. The summed E-state index contributed by atoms with van der Waals surface area (Å²) in [5.74, 6) is 0.990. The summed E-state index contributed by atoms with van der Waals surface area (Å²) in [7, 11) is 0. The number of carbonyl (C=O) groups is 2. The molecule has 30 heavy (non-hydrogen) atoms. The number of hydrogen-bond donors (Lipinski definition) is 1. The second-order valence-electron chi connectivity index (χ2n) is 7.09. The van der Waals surface area contributed by atoms with E-state index in [0.717, 1.165) is 22.1 Å². The van der Waals surface area contributed by atoms with Crippen LogP contribution < -0.4 is 5.32 Å². The highest BCUT2D eigenvalue weighted by molar-refractivity contribution is 7.99. The summed E-state index contributed by atoms with van der Waals surface area (Å²) >= 11 is 13.7. The highest BCUT2D eigenvalue weighted by atomic mass is 35.5. The lowest BCUT2D eigenvalue weighted by atomic mass is 10.2. The maximum atomic E-state index is 12.4. The first-order valence-corrected chi connectivity index (χ1v) is 11.7. The Hall–Kier alpha value is -1.73. The first-order chi connectivity index (χ1) is 14.5. The van der Waals surface area contributed by atoms with Crippen molar-refractivity contribution in [3.8, 4) is 0 Å². The summed E-state index contributed by atoms with van der Waals surface area (Å²) in [5.41, 5.74) is 0.620. The highest BCUT2D eigenvalue weighted by Crippen LogP contribution is 2.22. The molecule has 1 fully saturated rings. The van der Waals surface area contributed by atoms with Crippen molar-refractivity contribution >= 4 is 52.5 Å². The van der Waals surface area contributed by atoms with Gasteiger partial charge in [-0.3, -0.25) is 14.5 Å². The van der Waals surface area contributed by atoms with Crippen LogP contribution in [-0.2, 0) is 9.59 Å². The van der Waals surface area contributed by atoms with E-state index >= 15 is 0 Å². The number of anilines is 1. The summed E-state index contributed by atoms with van der Waals surface area (Å²) in [6.45, 7) is 3.00. The molecule has 1 saturated heterocycles. The first-order valence-electron chi connectivity index (χ1n) is 9.94. The molecule has 1 aliphatic heterocycles. The van der Waals surface area contributed by atoms with Crippen LogP contribution in [0.5, 0.6) is 0 Å². The lowest BCUT2D eigenvalue weighted by Gasteiger charge is -2.34. The SMILES string of the molecule is O=C(CN1CCN(C(=O)CCCSc2ccc(Cl)cc2)CC1)Nc1ccccc1Cl. The predicted octanol–water partition coefficient (Wildman–Crippen LogP) is 4.65. The second-order valence-corrected chi connectivity index (χ2v) is 9.10. The molecule has 0 bridgehead atoms. The lowest BCUT2D eigenvalue weighted by molar-refractivity contribution is -0.133. The van der Waals surface area contributed by atoms with Crippen molar-refractivity contribution in [1.29, 1.82) is 0 Å². The van der Waals surface area contributed by atoms with Gasteiger partial charge in [0.15, 0.2) is 0 Å². The maximum absolute atomic E-state index is 12.4. The third-order valence-electron chi connectivity index (χ3n) is 4.86. The predicted molar refractivity (Wildman–Crippen MR) is 125 cm³/mol. The van der Waals surface area contributed by atoms with Gasteiger partial charge in [0.25, 0.3) is 0 Å². The Kier molecular flexibility index (Phi) is 8.88. The number of hydrogen-bond acceptors (Lipinski definition) is 4. The Morgan fingerprint density at radius 2 is 1.67 bits per heavy atom. The van der Waals surface area contributed by atoms with Crippen LogP contribution in [0.4, 0.5) is 5.69 Å². The molecule has 3 rings (SSSR count). The number of nitrogens with one attached hydrogen (secondary N) is 1. The molecular formula is C22H25Cl2N3O2S. The van der Waals surface area contributed by atoms with E-state index < -0.39 is 0 Å². The average molecular weight is 466 g/mol. The molecule has 8 heteroatoms. The van der Waals surface area contributed by atoms with E-state index in [-0.39, 0.29) is 11.8 Å². The van der Waals surface area contributed by atoms with E-state index in [0.29, 0.717) is 49.9 Å². The molecule has 1 aliphatic rings. The molecule has 0 aromatic heterocycles. The van der Waals surface area contributed by atoms with E-state index in [1.165, 1.54) is 0 Å². The van der Waals surface area contributed by atoms with Gasteiger partial charge in [0.1, 0.15) is 0 Å². The number of carbonyl (C=O) groups excluding carboxylic acids is 2. The molecule has 2 amide bonds. The number of thioether (sulfide) groups is 1. The largest absolute Gasteiger partial charge is 0.340 e. The quantitative estimate of drug-likeness (QED) is 0.455. The Balaban J connectivity index is 1.32. The van der Waals surface area contributed by atoms with E-state index in [2.05, 4.69) is 10.2 Å². The molecule has 0 atom stereocenters. The number of para-hydroxylation sites is 1. The fraction of sp³-hybridized carbons (Fsp3) is 0.364. The van der Waals surface area contributed by atoms with Crippen LogP contribution in [0.25, 0.3) is 0 Å². The van der Waals surface area contributed by atoms with Crippen LogP contribution in [-0.4, -0.2) is 60.1 Å². The molecule has 0 radical (unpaired) electrons. The van der Waals surface area contributed by atoms with Gasteiger partial charge in [0, 0.05) is 42.5 Å². The average Bonchev–Trinajstić information content (AvgIpc) is 2.74. The highest BCUT2D eigenvalue weighted by Gasteiger charge is 2.22. The van der Waals surface area contributed by atoms with Gasteiger partial charge in [-0.05, 0) is 48.6 Å². The minimum Gasteiger partial charge on any atom is -0.340 e. The Bertz CT molecular complexity index is 856. The van der Waals surface area contributed by atoms with Crippen molar-refractivity contribution in [3.05, 3.63) is 58.6 Å². The van der Waals surface area contributed by atoms with Gasteiger partial charge in [-0.2, -0.15) is 0 Å². The molecule has 0 spiro atoms. The van der Waals surface area contributed by atoms with Gasteiger partial charge < -0.3 is 10.2 Å². The van der Waals surface area contributed by atoms with Gasteiger partial charge in [-0.25, -0.2) is 0 Å². The van der Waals surface area contributed by atoms with Gasteiger partial charge in [-0.15, -0.1) is 11.8 Å². The molecule has 2 aromatic carbocycles. The van der Waals surface area contributed by atoms with Gasteiger partial charge in [-0.1, -0.05) is 35.3 Å². The number of nitrogens with zero attached hydrogens (tertiary/aromatic N) is 2. The Morgan fingerprint density at radius 1 is 0.967 bits per heavy atom. The van der Waals surface area contributed by atoms with Gasteiger partial charge >= 0.3 is 0 Å². The summed E-state index contributed by atoms with van der Waals surface area (Å²) in [6, 6.07) is 14.9. The molecule has 1 N–H and O–H groups in total. The molecule has 0 aliphatic carbocycles. The number of amides is 2. The zero-order chi connectivity index (χ0) is 21.3. The summed E-state index contributed by atoms with van der Waals surface area (Å²) in [6.07, 6.45) is 1.39. The van der Waals surface area contributed by atoms with Crippen LogP contribution in [0.15, 0.2) is 53.4 Å². The first kappa shape index (κ1) is 22.9. The molecular weight excluding hydrogens is 441 g/mol. The van der Waals surface area contributed by atoms with Crippen LogP contribution >= 0.6 is 35.0 Å². The van der Waals surface area contributed by atoms with Crippen molar-refractivity contribution in [2.45, 2.75) is 17.7 Å². The molecule has 2 aromatic rings. The normalized spacial score (nSPS) is 14.5. The molecule has 0 unspecified atom stereocenters. The standard InChI is InChI=1S/C22H25Cl2N3O2S/c23-17-7-9-18(10-8-17)30-15-3-6-22(29)27-13-11-26(12-14-27)16-21(28)25-20-5-2-1-4-19(20)24/h1-2,4-5,7-10H,3,6,11-16H2,(H,25,28). The van der Waals surface area contributed by atoms with Crippen molar-refractivity contribution in [3.63, 3.8) is 0 Å². The zero-order valence-electron chi connectivity index (χ0n) is 16.7. The smallest absolute Gasteiger partial charge is 0.238 e. The number of benzene rings is 2. The number of rotatable bonds is 8. The molecule has 1 heterocycles. The fourth-order valence-electron chi connectivity index (χ4n) is 3.21. The van der Waals surface area contributed by atoms with Crippen LogP contribution in [0.2, 0.25) is 10.0 Å².